The standard InChI is InChI=1S/C33H33ClN4O3/c1-33(2,3)29(36-30(39)28-16-22-11-7-8-12-27(22)35-28)32(41)38-19-23-17-24(38)18-37(23)31(40)25-14-13-21(15-26(25)34)20-9-5-4-6-10-20/h4-16,23-24,29,35H,17-19H2,1-3H3,(H,36,39)/t23-,24-,29?/m0/s1. The van der Waals surface area contributed by atoms with Crippen LogP contribution in [0.3, 0.4) is 0 Å². The number of nitrogens with zero attached hydrogens (tertiary/aromatic N) is 2. The van der Waals surface area contributed by atoms with Crippen molar-refractivity contribution < 1.29 is 14.4 Å². The van der Waals surface area contributed by atoms with Crippen LogP contribution in [-0.2, 0) is 4.79 Å². The van der Waals surface area contributed by atoms with Crippen molar-refractivity contribution in [3.05, 3.63) is 95.1 Å². The highest BCUT2D eigenvalue weighted by atomic mass is 35.5. The molecular formula is C33H33ClN4O3. The van der Waals surface area contributed by atoms with Gasteiger partial charge in [-0.1, -0.05) is 87.0 Å². The number of amides is 3. The number of likely N-dealkylation sites (tertiary alicyclic amines) is 2. The van der Waals surface area contributed by atoms with Gasteiger partial charge in [-0.15, -0.1) is 0 Å². The molecule has 3 aromatic carbocycles. The van der Waals surface area contributed by atoms with Crippen molar-refractivity contribution in [3.63, 3.8) is 0 Å². The monoisotopic (exact) mass is 568 g/mol. The maximum Gasteiger partial charge on any atom is 0.268 e. The second kappa shape index (κ2) is 10.4. The molecule has 2 N–H and O–H groups in total. The zero-order chi connectivity index (χ0) is 28.9. The smallest absolute Gasteiger partial charge is 0.268 e. The number of hydrogen-bond donors (Lipinski definition) is 2. The molecule has 2 aliphatic rings. The number of carbonyl (C=O) groups is 3. The lowest BCUT2D eigenvalue weighted by Gasteiger charge is -2.39. The molecule has 4 aromatic rings. The van der Waals surface area contributed by atoms with Crippen molar-refractivity contribution in [2.24, 2.45) is 5.41 Å². The molecular weight excluding hydrogens is 536 g/mol. The summed E-state index contributed by atoms with van der Waals surface area (Å²) in [6, 6.07) is 24.0. The van der Waals surface area contributed by atoms with E-state index in [1.807, 2.05) is 97.3 Å². The SMILES string of the molecule is CC(C)(C)C(NC(=O)c1cc2ccccc2[nH]1)C(=O)N1C[C@@H]2C[C@H]1CN2C(=O)c1ccc(-c2ccccc2)cc1Cl. The van der Waals surface area contributed by atoms with E-state index in [1.54, 1.807) is 12.1 Å². The van der Waals surface area contributed by atoms with Gasteiger partial charge in [-0.2, -0.15) is 0 Å². The van der Waals surface area contributed by atoms with Crippen LogP contribution in [-0.4, -0.2) is 63.7 Å². The van der Waals surface area contributed by atoms with E-state index < -0.39 is 11.5 Å². The maximum absolute atomic E-state index is 13.9. The van der Waals surface area contributed by atoms with Gasteiger partial charge in [0.05, 0.1) is 22.7 Å². The fraction of sp³-hybridized carbons (Fsp3) is 0.303. The molecule has 2 saturated heterocycles. The molecule has 0 radical (unpaired) electrons. The minimum Gasteiger partial charge on any atom is -0.351 e. The number of halogens is 1. The van der Waals surface area contributed by atoms with Crippen LogP contribution < -0.4 is 5.32 Å². The number of aromatic amines is 1. The Hall–Kier alpha value is -4.10. The Morgan fingerprint density at radius 2 is 1.56 bits per heavy atom. The van der Waals surface area contributed by atoms with E-state index in [0.29, 0.717) is 35.8 Å². The Kier molecular flexibility index (Phi) is 6.86. The number of rotatable bonds is 5. The van der Waals surface area contributed by atoms with Gasteiger partial charge in [0.15, 0.2) is 0 Å². The van der Waals surface area contributed by atoms with Crippen molar-refractivity contribution in [2.45, 2.75) is 45.3 Å². The van der Waals surface area contributed by atoms with Crippen molar-refractivity contribution >= 4 is 40.2 Å². The summed E-state index contributed by atoms with van der Waals surface area (Å²) in [4.78, 5) is 47.4. The number of fused-ring (bicyclic) bond motifs is 3. The number of benzene rings is 3. The molecule has 0 aliphatic carbocycles. The average Bonchev–Trinajstić information content (AvgIpc) is 3.69. The summed E-state index contributed by atoms with van der Waals surface area (Å²) in [5.74, 6) is -0.551. The highest BCUT2D eigenvalue weighted by Crippen LogP contribution is 2.35. The van der Waals surface area contributed by atoms with Crippen LogP contribution >= 0.6 is 11.6 Å². The lowest BCUT2D eigenvalue weighted by molar-refractivity contribution is -0.138. The van der Waals surface area contributed by atoms with Crippen LogP contribution in [0.5, 0.6) is 0 Å². The molecule has 8 heteroatoms. The fourth-order valence-corrected chi connectivity index (χ4v) is 6.32. The Morgan fingerprint density at radius 3 is 2.22 bits per heavy atom. The molecule has 210 valence electrons. The lowest BCUT2D eigenvalue weighted by atomic mass is 9.85. The maximum atomic E-state index is 13.9. The zero-order valence-electron chi connectivity index (χ0n) is 23.4. The Bertz CT molecular complexity index is 1610. The zero-order valence-corrected chi connectivity index (χ0v) is 24.1. The lowest BCUT2D eigenvalue weighted by Crippen LogP contribution is -2.59. The van der Waals surface area contributed by atoms with Crippen molar-refractivity contribution in [1.29, 1.82) is 0 Å². The van der Waals surface area contributed by atoms with Gasteiger partial charge in [0.25, 0.3) is 11.8 Å². The number of aromatic nitrogens is 1. The minimum atomic E-state index is -0.718. The third kappa shape index (κ3) is 5.10. The van der Waals surface area contributed by atoms with Crippen LogP contribution in [0.4, 0.5) is 0 Å². The van der Waals surface area contributed by atoms with Gasteiger partial charge in [0.1, 0.15) is 11.7 Å². The molecule has 0 spiro atoms. The molecule has 2 fully saturated rings. The van der Waals surface area contributed by atoms with Crippen molar-refractivity contribution in [3.8, 4) is 11.1 Å². The van der Waals surface area contributed by atoms with E-state index in [0.717, 1.165) is 22.0 Å². The van der Waals surface area contributed by atoms with Crippen LogP contribution in [0.1, 0.15) is 48.0 Å². The predicted molar refractivity (Wildman–Crippen MR) is 161 cm³/mol. The van der Waals surface area contributed by atoms with Gasteiger partial charge in [-0.3, -0.25) is 14.4 Å². The molecule has 3 amide bonds. The Balaban J connectivity index is 1.15. The fourth-order valence-electron chi connectivity index (χ4n) is 6.06. The average molecular weight is 569 g/mol. The Morgan fingerprint density at radius 1 is 0.878 bits per heavy atom. The van der Waals surface area contributed by atoms with Gasteiger partial charge in [0, 0.05) is 24.0 Å². The summed E-state index contributed by atoms with van der Waals surface area (Å²) in [5, 5.41) is 4.35. The number of para-hydroxylation sites is 1. The largest absolute Gasteiger partial charge is 0.351 e. The third-order valence-electron chi connectivity index (χ3n) is 8.25. The summed E-state index contributed by atoms with van der Waals surface area (Å²) in [5.41, 5.74) is 3.23. The van der Waals surface area contributed by atoms with Gasteiger partial charge in [-0.05, 0) is 47.2 Å². The van der Waals surface area contributed by atoms with E-state index in [4.69, 9.17) is 11.6 Å². The highest BCUT2D eigenvalue weighted by molar-refractivity contribution is 6.34. The van der Waals surface area contributed by atoms with Crippen molar-refractivity contribution in [2.75, 3.05) is 13.1 Å². The number of hydrogen-bond acceptors (Lipinski definition) is 3. The third-order valence-corrected chi connectivity index (χ3v) is 8.57. The van der Waals surface area contributed by atoms with Crippen LogP contribution in [0, 0.1) is 5.41 Å². The molecule has 7 nitrogen and oxygen atoms in total. The second-order valence-electron chi connectivity index (χ2n) is 12.1. The number of piperazine rings is 1. The number of carbonyl (C=O) groups excluding carboxylic acids is 3. The summed E-state index contributed by atoms with van der Waals surface area (Å²) < 4.78 is 0. The normalized spacial score (nSPS) is 19.0. The first-order valence-corrected chi connectivity index (χ1v) is 14.3. The quantitative estimate of drug-likeness (QED) is 0.321. The molecule has 2 bridgehead atoms. The molecule has 1 unspecified atom stereocenters. The van der Waals surface area contributed by atoms with Gasteiger partial charge >= 0.3 is 0 Å². The summed E-state index contributed by atoms with van der Waals surface area (Å²) in [7, 11) is 0. The summed E-state index contributed by atoms with van der Waals surface area (Å²) in [6.07, 6.45) is 0.712. The summed E-state index contributed by atoms with van der Waals surface area (Å²) >= 11 is 6.60. The highest BCUT2D eigenvalue weighted by Gasteiger charge is 2.50. The van der Waals surface area contributed by atoms with Crippen LogP contribution in [0.25, 0.3) is 22.0 Å². The minimum absolute atomic E-state index is 0.0913. The van der Waals surface area contributed by atoms with E-state index in [-0.39, 0.29) is 29.8 Å². The van der Waals surface area contributed by atoms with Gasteiger partial charge < -0.3 is 20.1 Å². The Labute approximate surface area is 244 Å². The topological polar surface area (TPSA) is 85.5 Å². The van der Waals surface area contributed by atoms with Crippen LogP contribution in [0.2, 0.25) is 5.02 Å². The predicted octanol–water partition coefficient (Wildman–Crippen LogP) is 5.76. The molecule has 41 heavy (non-hydrogen) atoms. The number of H-pyrrole nitrogens is 1. The van der Waals surface area contributed by atoms with Gasteiger partial charge in [0.2, 0.25) is 5.91 Å². The van der Waals surface area contributed by atoms with Crippen LogP contribution in [0.15, 0.2) is 78.9 Å². The first-order valence-electron chi connectivity index (χ1n) is 13.9. The van der Waals surface area contributed by atoms with E-state index in [1.165, 1.54) is 0 Å². The molecule has 0 saturated carbocycles. The van der Waals surface area contributed by atoms with E-state index in [9.17, 15) is 14.4 Å². The molecule has 1 aromatic heterocycles. The first kappa shape index (κ1) is 27.1. The molecule has 3 heterocycles. The summed E-state index contributed by atoms with van der Waals surface area (Å²) in [6.45, 7) is 6.73. The molecule has 3 atom stereocenters. The van der Waals surface area contributed by atoms with E-state index in [2.05, 4.69) is 10.3 Å². The van der Waals surface area contributed by atoms with Crippen molar-refractivity contribution in [1.82, 2.24) is 20.1 Å². The van der Waals surface area contributed by atoms with Gasteiger partial charge in [-0.25, -0.2) is 0 Å². The molecule has 2 aliphatic heterocycles. The first-order chi connectivity index (χ1) is 19.6. The second-order valence-corrected chi connectivity index (χ2v) is 12.5. The van der Waals surface area contributed by atoms with E-state index >= 15 is 0 Å². The molecule has 6 rings (SSSR count). The number of nitrogens with one attached hydrogen (secondary N) is 2.